The van der Waals surface area contributed by atoms with Crippen LogP contribution >= 0.6 is 28.7 Å². The summed E-state index contributed by atoms with van der Waals surface area (Å²) in [6, 6.07) is 10.3. The molecule has 0 spiro atoms. The fraction of sp³-hybridized carbons (Fsp3) is 0.300. The standard InChI is InChI=1S/C20H21FN2O2S.BrH/c1-13-5-4-6-18(14(13)2)23(20-22-9-10-26-20)12-19(24)16-8-7-15(25-3)11-17(16)21;/h4-8,11H,9-10,12H2,1-3H3;1H. The third-order valence-corrected chi connectivity index (χ3v) is 5.44. The highest BCUT2D eigenvalue weighted by molar-refractivity contribution is 8.93. The van der Waals surface area contributed by atoms with Crippen LogP contribution < -0.4 is 9.64 Å². The SMILES string of the molecule is Br.COc1ccc(C(=O)CN(C2=NCCS2)c2cccc(C)c2C)c(F)c1. The molecular formula is C20H22BrFN2O2S. The monoisotopic (exact) mass is 452 g/mol. The van der Waals surface area contributed by atoms with E-state index in [9.17, 15) is 9.18 Å². The average molecular weight is 453 g/mol. The Morgan fingerprint density at radius 3 is 2.70 bits per heavy atom. The molecule has 0 aliphatic carbocycles. The van der Waals surface area contributed by atoms with Crippen molar-refractivity contribution < 1.29 is 13.9 Å². The summed E-state index contributed by atoms with van der Waals surface area (Å²) in [5.74, 6) is 0.417. The second-order valence-corrected chi connectivity index (χ2v) is 7.15. The van der Waals surface area contributed by atoms with Crippen molar-refractivity contribution in [1.82, 2.24) is 0 Å². The number of hydrogen-bond donors (Lipinski definition) is 0. The van der Waals surface area contributed by atoms with Gasteiger partial charge in [0.15, 0.2) is 11.0 Å². The zero-order valence-corrected chi connectivity index (χ0v) is 18.0. The number of benzene rings is 2. The Labute approximate surface area is 173 Å². The average Bonchev–Trinajstić information content (AvgIpc) is 3.16. The number of halogens is 2. The van der Waals surface area contributed by atoms with E-state index < -0.39 is 5.82 Å². The van der Waals surface area contributed by atoms with Crippen molar-refractivity contribution in [3.8, 4) is 5.75 Å². The Hall–Kier alpha value is -1.86. The molecule has 0 saturated heterocycles. The fourth-order valence-corrected chi connectivity index (χ4v) is 3.72. The maximum atomic E-state index is 14.3. The third-order valence-electron chi connectivity index (χ3n) is 4.45. The Morgan fingerprint density at radius 1 is 1.30 bits per heavy atom. The normalized spacial score (nSPS) is 13.0. The van der Waals surface area contributed by atoms with E-state index in [0.717, 1.165) is 34.3 Å². The maximum Gasteiger partial charge on any atom is 0.185 e. The largest absolute Gasteiger partial charge is 0.497 e. The number of nitrogens with zero attached hydrogens (tertiary/aromatic N) is 2. The quantitative estimate of drug-likeness (QED) is 0.609. The summed E-state index contributed by atoms with van der Waals surface area (Å²) in [5.41, 5.74) is 3.22. The van der Waals surface area contributed by atoms with Crippen molar-refractivity contribution in [2.45, 2.75) is 13.8 Å². The summed E-state index contributed by atoms with van der Waals surface area (Å²) in [5, 5.41) is 0.806. The van der Waals surface area contributed by atoms with Crippen molar-refractivity contribution in [3.63, 3.8) is 0 Å². The van der Waals surface area contributed by atoms with Gasteiger partial charge < -0.3 is 9.64 Å². The van der Waals surface area contributed by atoms with E-state index in [4.69, 9.17) is 4.74 Å². The number of anilines is 1. The molecule has 1 aliphatic rings. The minimum atomic E-state index is -0.573. The Balaban J connectivity index is 0.00000261. The molecule has 0 N–H and O–H groups in total. The summed E-state index contributed by atoms with van der Waals surface area (Å²) >= 11 is 1.62. The molecule has 27 heavy (non-hydrogen) atoms. The number of aryl methyl sites for hydroxylation is 1. The molecule has 0 amide bonds. The summed E-state index contributed by atoms with van der Waals surface area (Å²) in [7, 11) is 1.47. The van der Waals surface area contributed by atoms with Crippen molar-refractivity contribution in [1.29, 1.82) is 0 Å². The van der Waals surface area contributed by atoms with Crippen LogP contribution in [0.5, 0.6) is 5.75 Å². The van der Waals surface area contributed by atoms with Gasteiger partial charge in [0, 0.05) is 17.5 Å². The second kappa shape index (κ2) is 9.37. The van der Waals surface area contributed by atoms with Gasteiger partial charge in [0.1, 0.15) is 11.6 Å². The lowest BCUT2D eigenvalue weighted by Crippen LogP contribution is -2.34. The van der Waals surface area contributed by atoms with E-state index in [0.29, 0.717) is 5.75 Å². The first-order chi connectivity index (χ1) is 12.5. The van der Waals surface area contributed by atoms with Crippen LogP contribution in [0.1, 0.15) is 21.5 Å². The number of rotatable bonds is 5. The van der Waals surface area contributed by atoms with Crippen molar-refractivity contribution in [2.75, 3.05) is 30.9 Å². The summed E-state index contributed by atoms with van der Waals surface area (Å²) in [6.07, 6.45) is 0. The molecule has 4 nitrogen and oxygen atoms in total. The van der Waals surface area contributed by atoms with Gasteiger partial charge in [0.25, 0.3) is 0 Å². The van der Waals surface area contributed by atoms with E-state index in [1.165, 1.54) is 19.2 Å². The number of amidine groups is 1. The Bertz CT molecular complexity index is 873. The summed E-state index contributed by atoms with van der Waals surface area (Å²) in [6.45, 7) is 4.83. The number of Topliss-reactive ketones (excluding diaryl/α,β-unsaturated/α-hetero) is 1. The van der Waals surface area contributed by atoms with Crippen LogP contribution in [-0.2, 0) is 0 Å². The number of methoxy groups -OCH3 is 1. The molecule has 0 atom stereocenters. The lowest BCUT2D eigenvalue weighted by molar-refractivity contribution is 0.0998. The van der Waals surface area contributed by atoms with Crippen molar-refractivity contribution in [3.05, 3.63) is 58.9 Å². The molecule has 0 fully saturated rings. The Kier molecular flexibility index (Phi) is 7.44. The predicted octanol–water partition coefficient (Wildman–Crippen LogP) is 4.82. The predicted molar refractivity (Wildman–Crippen MR) is 116 cm³/mol. The second-order valence-electron chi connectivity index (χ2n) is 6.09. The van der Waals surface area contributed by atoms with Crippen LogP contribution in [0, 0.1) is 19.7 Å². The molecular weight excluding hydrogens is 431 g/mol. The number of hydrogen-bond acceptors (Lipinski definition) is 5. The van der Waals surface area contributed by atoms with E-state index in [1.54, 1.807) is 17.8 Å². The molecule has 1 heterocycles. The zero-order chi connectivity index (χ0) is 18.7. The third kappa shape index (κ3) is 4.71. The molecule has 0 radical (unpaired) electrons. The Morgan fingerprint density at radius 2 is 2.07 bits per heavy atom. The first-order valence-electron chi connectivity index (χ1n) is 8.39. The minimum absolute atomic E-state index is 0. The molecule has 3 rings (SSSR count). The first-order valence-corrected chi connectivity index (χ1v) is 9.37. The molecule has 7 heteroatoms. The number of thioether (sulfide) groups is 1. The van der Waals surface area contributed by atoms with E-state index in [1.807, 2.05) is 36.9 Å². The molecule has 0 saturated carbocycles. The van der Waals surface area contributed by atoms with Crippen LogP contribution in [0.3, 0.4) is 0 Å². The fourth-order valence-electron chi connectivity index (χ4n) is 2.85. The smallest absolute Gasteiger partial charge is 0.185 e. The lowest BCUT2D eigenvalue weighted by Gasteiger charge is -2.26. The number of ether oxygens (including phenoxy) is 1. The van der Waals surface area contributed by atoms with Crippen LogP contribution in [0.2, 0.25) is 0 Å². The molecule has 0 bridgehead atoms. The topological polar surface area (TPSA) is 41.9 Å². The molecule has 2 aromatic rings. The molecule has 0 unspecified atom stereocenters. The van der Waals surface area contributed by atoms with Crippen molar-refractivity contribution >= 4 is 45.4 Å². The molecule has 144 valence electrons. The van der Waals surface area contributed by atoms with Gasteiger partial charge in [-0.1, -0.05) is 23.9 Å². The first kappa shape index (κ1) is 21.4. The highest BCUT2D eigenvalue weighted by Crippen LogP contribution is 2.28. The van der Waals surface area contributed by atoms with Crippen LogP contribution in [-0.4, -0.2) is 36.9 Å². The van der Waals surface area contributed by atoms with Gasteiger partial charge >= 0.3 is 0 Å². The van der Waals surface area contributed by atoms with Gasteiger partial charge in [-0.2, -0.15) is 0 Å². The zero-order valence-electron chi connectivity index (χ0n) is 15.5. The van der Waals surface area contributed by atoms with Gasteiger partial charge in [-0.3, -0.25) is 9.79 Å². The maximum absolute atomic E-state index is 14.3. The summed E-state index contributed by atoms with van der Waals surface area (Å²) < 4.78 is 19.3. The molecule has 2 aromatic carbocycles. The van der Waals surface area contributed by atoms with Gasteiger partial charge in [-0.05, 0) is 43.2 Å². The minimum Gasteiger partial charge on any atom is -0.497 e. The van der Waals surface area contributed by atoms with E-state index in [2.05, 4.69) is 4.99 Å². The lowest BCUT2D eigenvalue weighted by atomic mass is 10.1. The van der Waals surface area contributed by atoms with Gasteiger partial charge in [0.05, 0.1) is 25.8 Å². The van der Waals surface area contributed by atoms with Gasteiger partial charge in [-0.15, -0.1) is 17.0 Å². The highest BCUT2D eigenvalue weighted by atomic mass is 79.9. The van der Waals surface area contributed by atoms with Crippen molar-refractivity contribution in [2.24, 2.45) is 4.99 Å². The molecule has 1 aliphatic heterocycles. The number of ketones is 1. The van der Waals surface area contributed by atoms with E-state index in [-0.39, 0.29) is 34.9 Å². The number of aliphatic imine (C=N–C) groups is 1. The van der Waals surface area contributed by atoms with Crippen LogP contribution in [0.25, 0.3) is 0 Å². The number of carbonyl (C=O) groups is 1. The number of carbonyl (C=O) groups excluding carboxylic acids is 1. The molecule has 0 aromatic heterocycles. The highest BCUT2D eigenvalue weighted by Gasteiger charge is 2.24. The van der Waals surface area contributed by atoms with Gasteiger partial charge in [0.2, 0.25) is 0 Å². The summed E-state index contributed by atoms with van der Waals surface area (Å²) in [4.78, 5) is 19.2. The van der Waals surface area contributed by atoms with E-state index >= 15 is 0 Å². The van der Waals surface area contributed by atoms with Crippen LogP contribution in [0.15, 0.2) is 41.4 Å². The van der Waals surface area contributed by atoms with Crippen LogP contribution in [0.4, 0.5) is 10.1 Å². The van der Waals surface area contributed by atoms with Gasteiger partial charge in [-0.25, -0.2) is 4.39 Å².